The van der Waals surface area contributed by atoms with E-state index in [1.807, 2.05) is 6.92 Å². The fourth-order valence-electron chi connectivity index (χ4n) is 5.25. The molecule has 3 aromatic rings. The van der Waals surface area contributed by atoms with Gasteiger partial charge >= 0.3 is 0 Å². The Bertz CT molecular complexity index is 1180. The molecule has 5 N–H and O–H groups in total. The van der Waals surface area contributed by atoms with Crippen molar-refractivity contribution in [1.29, 1.82) is 0 Å². The molecule has 0 unspecified atom stereocenters. The normalized spacial score (nSPS) is 19.4. The molecule has 7 nitrogen and oxygen atoms in total. The molecule has 1 saturated heterocycles. The molecular weight excluding hydrogens is 424 g/mol. The first-order chi connectivity index (χ1) is 15.4. The molecule has 5 rings (SSSR count). The summed E-state index contributed by atoms with van der Waals surface area (Å²) >= 11 is 6.37. The van der Waals surface area contributed by atoms with Gasteiger partial charge in [0.1, 0.15) is 11.5 Å². The van der Waals surface area contributed by atoms with Crippen LogP contribution in [0.15, 0.2) is 36.5 Å². The number of nitrogens with two attached hydrogens (primary N) is 2. The van der Waals surface area contributed by atoms with E-state index in [1.165, 1.54) is 11.1 Å². The van der Waals surface area contributed by atoms with Crippen LogP contribution >= 0.6 is 11.6 Å². The van der Waals surface area contributed by atoms with E-state index in [9.17, 15) is 5.11 Å². The number of aryl methyl sites for hydroxylation is 1. The van der Waals surface area contributed by atoms with E-state index in [1.54, 1.807) is 12.3 Å². The predicted molar refractivity (Wildman–Crippen MR) is 126 cm³/mol. The highest BCUT2D eigenvalue weighted by Crippen LogP contribution is 2.51. The Labute approximate surface area is 192 Å². The molecule has 0 bridgehead atoms. The molecule has 1 fully saturated rings. The first-order valence-corrected chi connectivity index (χ1v) is 11.3. The SMILES string of the molecule is Cc1nc(N2CCC3(CC2)Cc2ccccc2[C@H]3N)c(CO)nc1-c1cnc(N)cc1Cl. The van der Waals surface area contributed by atoms with Gasteiger partial charge in [0.05, 0.1) is 23.0 Å². The van der Waals surface area contributed by atoms with Crippen molar-refractivity contribution >= 4 is 23.2 Å². The van der Waals surface area contributed by atoms with E-state index in [-0.39, 0.29) is 18.1 Å². The third-order valence-electron chi connectivity index (χ3n) is 7.05. The van der Waals surface area contributed by atoms with Crippen molar-refractivity contribution in [2.75, 3.05) is 23.7 Å². The summed E-state index contributed by atoms with van der Waals surface area (Å²) in [5, 5.41) is 10.5. The van der Waals surface area contributed by atoms with Gasteiger partial charge in [-0.05, 0) is 48.8 Å². The smallest absolute Gasteiger partial charge is 0.153 e. The van der Waals surface area contributed by atoms with E-state index in [2.05, 4.69) is 34.1 Å². The molecule has 0 amide bonds. The summed E-state index contributed by atoms with van der Waals surface area (Å²) in [7, 11) is 0. The van der Waals surface area contributed by atoms with Gasteiger partial charge in [0.15, 0.2) is 5.82 Å². The molecule has 1 aliphatic heterocycles. The van der Waals surface area contributed by atoms with Crippen LogP contribution in [0.25, 0.3) is 11.3 Å². The van der Waals surface area contributed by atoms with Crippen LogP contribution in [0.3, 0.4) is 0 Å². The average molecular weight is 451 g/mol. The zero-order valence-electron chi connectivity index (χ0n) is 18.1. The Morgan fingerprint density at radius 1 is 1.22 bits per heavy atom. The van der Waals surface area contributed by atoms with Crippen LogP contribution in [0.4, 0.5) is 11.6 Å². The first-order valence-electron chi connectivity index (χ1n) is 10.9. The van der Waals surface area contributed by atoms with Crippen LogP contribution in [-0.4, -0.2) is 33.1 Å². The summed E-state index contributed by atoms with van der Waals surface area (Å²) in [5.74, 6) is 1.07. The number of fused-ring (bicyclic) bond motifs is 1. The minimum atomic E-state index is -0.206. The van der Waals surface area contributed by atoms with E-state index in [4.69, 9.17) is 33.0 Å². The molecule has 3 heterocycles. The summed E-state index contributed by atoms with van der Waals surface area (Å²) in [4.78, 5) is 15.9. The quantitative estimate of drug-likeness (QED) is 0.560. The van der Waals surface area contributed by atoms with Gasteiger partial charge in [-0.25, -0.2) is 15.0 Å². The Morgan fingerprint density at radius 2 is 1.97 bits per heavy atom. The number of aliphatic hydroxyl groups excluding tert-OH is 1. The van der Waals surface area contributed by atoms with Crippen LogP contribution in [-0.2, 0) is 13.0 Å². The number of rotatable bonds is 3. The highest BCUT2D eigenvalue weighted by molar-refractivity contribution is 6.33. The number of piperidine rings is 1. The zero-order valence-corrected chi connectivity index (χ0v) is 18.8. The number of nitrogen functional groups attached to an aromatic ring is 1. The van der Waals surface area contributed by atoms with Gasteiger partial charge in [0.25, 0.3) is 0 Å². The number of hydrogen-bond acceptors (Lipinski definition) is 7. The van der Waals surface area contributed by atoms with E-state index in [0.29, 0.717) is 27.8 Å². The molecule has 2 aliphatic rings. The second kappa shape index (κ2) is 7.99. The van der Waals surface area contributed by atoms with Crippen molar-refractivity contribution in [2.24, 2.45) is 11.1 Å². The monoisotopic (exact) mass is 450 g/mol. The van der Waals surface area contributed by atoms with Crippen LogP contribution in [0, 0.1) is 12.3 Å². The number of hydrogen-bond donors (Lipinski definition) is 3. The van der Waals surface area contributed by atoms with Crippen molar-refractivity contribution in [3.8, 4) is 11.3 Å². The maximum Gasteiger partial charge on any atom is 0.153 e. The molecule has 1 atom stereocenters. The second-order valence-electron chi connectivity index (χ2n) is 8.88. The van der Waals surface area contributed by atoms with Crippen LogP contribution in [0.1, 0.15) is 41.4 Å². The minimum absolute atomic E-state index is 0.0634. The van der Waals surface area contributed by atoms with Gasteiger partial charge in [-0.1, -0.05) is 35.9 Å². The predicted octanol–water partition coefficient (Wildman–Crippen LogP) is 3.42. The fourth-order valence-corrected chi connectivity index (χ4v) is 5.50. The number of benzene rings is 1. The topological polar surface area (TPSA) is 114 Å². The summed E-state index contributed by atoms with van der Waals surface area (Å²) in [6, 6.07) is 10.2. The molecule has 0 radical (unpaired) electrons. The van der Waals surface area contributed by atoms with Gasteiger partial charge < -0.3 is 21.5 Å². The van der Waals surface area contributed by atoms with Crippen molar-refractivity contribution in [2.45, 2.75) is 38.8 Å². The molecule has 0 saturated carbocycles. The number of aromatic nitrogens is 3. The third kappa shape index (κ3) is 3.41. The second-order valence-corrected chi connectivity index (χ2v) is 9.28. The fraction of sp³-hybridized carbons (Fsp3) is 0.375. The number of nitrogens with zero attached hydrogens (tertiary/aromatic N) is 4. The third-order valence-corrected chi connectivity index (χ3v) is 7.36. The highest BCUT2D eigenvalue weighted by atomic mass is 35.5. The van der Waals surface area contributed by atoms with Gasteiger partial charge in [-0.2, -0.15) is 0 Å². The molecule has 8 heteroatoms. The van der Waals surface area contributed by atoms with Gasteiger partial charge in [0, 0.05) is 30.9 Å². The molecule has 32 heavy (non-hydrogen) atoms. The van der Waals surface area contributed by atoms with E-state index in [0.717, 1.165) is 43.9 Å². The molecule has 1 aliphatic carbocycles. The van der Waals surface area contributed by atoms with Crippen molar-refractivity contribution in [1.82, 2.24) is 15.0 Å². The minimum Gasteiger partial charge on any atom is -0.390 e. The Morgan fingerprint density at radius 3 is 2.66 bits per heavy atom. The summed E-state index contributed by atoms with van der Waals surface area (Å²) in [6.45, 7) is 3.34. The number of halogens is 1. The lowest BCUT2D eigenvalue weighted by Gasteiger charge is -2.43. The molecule has 1 spiro atoms. The van der Waals surface area contributed by atoms with Crippen LogP contribution in [0.2, 0.25) is 5.02 Å². The number of pyridine rings is 1. The molecule has 166 valence electrons. The van der Waals surface area contributed by atoms with Crippen LogP contribution < -0.4 is 16.4 Å². The Hall–Kier alpha value is -2.74. The maximum atomic E-state index is 10.1. The lowest BCUT2D eigenvalue weighted by atomic mass is 9.73. The van der Waals surface area contributed by atoms with Crippen molar-refractivity contribution in [3.63, 3.8) is 0 Å². The largest absolute Gasteiger partial charge is 0.390 e. The van der Waals surface area contributed by atoms with E-state index < -0.39 is 0 Å². The lowest BCUT2D eigenvalue weighted by molar-refractivity contribution is 0.186. The van der Waals surface area contributed by atoms with E-state index >= 15 is 0 Å². The molecule has 2 aromatic heterocycles. The summed E-state index contributed by atoms with van der Waals surface area (Å²) in [5.41, 5.74) is 17.7. The van der Waals surface area contributed by atoms with Crippen molar-refractivity contribution in [3.05, 3.63) is 64.1 Å². The average Bonchev–Trinajstić information content (AvgIpc) is 3.06. The maximum absolute atomic E-state index is 10.1. The van der Waals surface area contributed by atoms with Crippen molar-refractivity contribution < 1.29 is 5.11 Å². The number of aliphatic hydroxyl groups is 1. The Kier molecular flexibility index (Phi) is 5.28. The van der Waals surface area contributed by atoms with Gasteiger partial charge in [0.2, 0.25) is 0 Å². The Balaban J connectivity index is 1.41. The molecule has 1 aromatic carbocycles. The summed E-state index contributed by atoms with van der Waals surface area (Å²) in [6.07, 6.45) is 4.57. The molecular formula is C24H27ClN6O. The van der Waals surface area contributed by atoms with Gasteiger partial charge in [-0.3, -0.25) is 0 Å². The number of anilines is 2. The lowest BCUT2D eigenvalue weighted by Crippen LogP contribution is -2.45. The van der Waals surface area contributed by atoms with Crippen LogP contribution in [0.5, 0.6) is 0 Å². The standard InChI is InChI=1S/C24H27ClN6O/c1-14-21(17-12-28-20(26)10-18(17)25)30-19(13-32)23(29-14)31-8-6-24(7-9-31)11-15-4-2-3-5-16(15)22(24)27/h2-5,10,12,22,32H,6-9,11,13,27H2,1H3,(H2,26,28)/t22-/m1/s1. The first kappa shape index (κ1) is 21.1. The summed E-state index contributed by atoms with van der Waals surface area (Å²) < 4.78 is 0. The highest BCUT2D eigenvalue weighted by Gasteiger charge is 2.46. The van der Waals surface area contributed by atoms with Gasteiger partial charge in [-0.15, -0.1) is 0 Å². The zero-order chi connectivity index (χ0) is 22.5.